The van der Waals surface area contributed by atoms with Gasteiger partial charge in [0.05, 0.1) is 4.21 Å². The Morgan fingerprint density at radius 2 is 1.95 bits per heavy atom. The van der Waals surface area contributed by atoms with Crippen LogP contribution in [0.2, 0.25) is 0 Å². The van der Waals surface area contributed by atoms with Crippen LogP contribution in [0.5, 0.6) is 0 Å². The molecule has 1 aromatic rings. The molecule has 0 aliphatic rings. The summed E-state index contributed by atoms with van der Waals surface area (Å²) in [5.41, 5.74) is 0.623. The van der Waals surface area contributed by atoms with E-state index in [-0.39, 0.29) is 24.5 Å². The fraction of sp³-hybridized carbons (Fsp3) is 0.500. The number of Topliss-reactive ketones (excluding diaryl/α,β-unsaturated/α-hetero) is 1. The first-order valence-electron chi connectivity index (χ1n) is 6.88. The molecule has 0 saturated carbocycles. The molecule has 0 radical (unpaired) electrons. The highest BCUT2D eigenvalue weighted by atomic mass is 32.2. The van der Waals surface area contributed by atoms with Gasteiger partial charge in [0.15, 0.2) is 5.78 Å². The van der Waals surface area contributed by atoms with Crippen LogP contribution in [-0.2, 0) is 9.59 Å². The SMILES string of the molecule is O=C(CCCCC(=O)c1ccsc1S)NC(CCS)C(=O)O. The topological polar surface area (TPSA) is 83.5 Å². The lowest BCUT2D eigenvalue weighted by Crippen LogP contribution is -2.40. The van der Waals surface area contributed by atoms with Crippen molar-refractivity contribution in [1.29, 1.82) is 0 Å². The van der Waals surface area contributed by atoms with Gasteiger partial charge < -0.3 is 10.4 Å². The van der Waals surface area contributed by atoms with E-state index >= 15 is 0 Å². The second-order valence-corrected chi connectivity index (χ2v) is 6.85. The number of hydrogen-bond acceptors (Lipinski definition) is 6. The summed E-state index contributed by atoms with van der Waals surface area (Å²) < 4.78 is 0.707. The Balaban J connectivity index is 2.26. The van der Waals surface area contributed by atoms with Crippen LogP contribution in [0.15, 0.2) is 15.7 Å². The van der Waals surface area contributed by atoms with Crippen LogP contribution in [0.1, 0.15) is 42.5 Å². The first-order chi connectivity index (χ1) is 10.5. The lowest BCUT2D eigenvalue weighted by molar-refractivity contribution is -0.141. The summed E-state index contributed by atoms with van der Waals surface area (Å²) in [5.74, 6) is -0.966. The lowest BCUT2D eigenvalue weighted by atomic mass is 10.1. The number of hydrogen-bond donors (Lipinski definition) is 4. The van der Waals surface area contributed by atoms with Gasteiger partial charge in [-0.25, -0.2) is 4.79 Å². The van der Waals surface area contributed by atoms with Crippen LogP contribution in [0.4, 0.5) is 0 Å². The van der Waals surface area contributed by atoms with Crippen molar-refractivity contribution in [2.75, 3.05) is 5.75 Å². The third-order valence-corrected chi connectivity index (χ3v) is 4.58. The van der Waals surface area contributed by atoms with Crippen molar-refractivity contribution in [2.24, 2.45) is 0 Å². The van der Waals surface area contributed by atoms with Gasteiger partial charge in [0, 0.05) is 18.4 Å². The number of thiol groups is 2. The molecule has 1 aromatic heterocycles. The molecule has 2 N–H and O–H groups in total. The lowest BCUT2D eigenvalue weighted by Gasteiger charge is -2.13. The molecule has 1 unspecified atom stereocenters. The fourth-order valence-electron chi connectivity index (χ4n) is 1.87. The van der Waals surface area contributed by atoms with Gasteiger partial charge in [-0.15, -0.1) is 24.0 Å². The standard InChI is InChI=1S/C14H19NO4S3/c16-11(9-6-8-22-14(9)21)3-1-2-4-12(17)15-10(5-7-20)13(18)19/h6,8,10,20-21H,1-5,7H2,(H,15,17)(H,18,19). The third kappa shape index (κ3) is 6.41. The highest BCUT2D eigenvalue weighted by Gasteiger charge is 2.18. The Kier molecular flexibility index (Phi) is 8.59. The molecule has 1 amide bonds. The monoisotopic (exact) mass is 361 g/mol. The number of ketones is 1. The van der Waals surface area contributed by atoms with E-state index < -0.39 is 12.0 Å². The van der Waals surface area contributed by atoms with Gasteiger partial charge in [0.1, 0.15) is 6.04 Å². The molecule has 122 valence electrons. The predicted octanol–water partition coefficient (Wildman–Crippen LogP) is 2.67. The van der Waals surface area contributed by atoms with E-state index in [4.69, 9.17) is 5.11 Å². The highest BCUT2D eigenvalue weighted by molar-refractivity contribution is 7.83. The smallest absolute Gasteiger partial charge is 0.326 e. The van der Waals surface area contributed by atoms with Gasteiger partial charge in [-0.05, 0) is 36.5 Å². The third-order valence-electron chi connectivity index (χ3n) is 3.05. The molecule has 1 rings (SSSR count). The molecule has 22 heavy (non-hydrogen) atoms. The number of carbonyl (C=O) groups is 3. The molecule has 0 aliphatic carbocycles. The van der Waals surface area contributed by atoms with E-state index in [9.17, 15) is 14.4 Å². The molecule has 0 fully saturated rings. The van der Waals surface area contributed by atoms with Crippen molar-refractivity contribution in [3.8, 4) is 0 Å². The second-order valence-electron chi connectivity index (χ2n) is 4.74. The molecule has 8 heteroatoms. The Labute approximate surface area is 144 Å². The number of carbonyl (C=O) groups excluding carboxylic acids is 2. The Morgan fingerprint density at radius 3 is 2.50 bits per heavy atom. The van der Waals surface area contributed by atoms with Gasteiger partial charge in [0.2, 0.25) is 5.91 Å². The zero-order valence-electron chi connectivity index (χ0n) is 11.9. The minimum absolute atomic E-state index is 0.0187. The maximum absolute atomic E-state index is 11.9. The van der Waals surface area contributed by atoms with Crippen LogP contribution in [0.25, 0.3) is 0 Å². The largest absolute Gasteiger partial charge is 0.480 e. The highest BCUT2D eigenvalue weighted by Crippen LogP contribution is 2.22. The average molecular weight is 362 g/mol. The summed E-state index contributed by atoms with van der Waals surface area (Å²) in [6.45, 7) is 0. The molecule has 0 saturated heterocycles. The molecular formula is C14H19NO4S3. The minimum atomic E-state index is -1.06. The van der Waals surface area contributed by atoms with Gasteiger partial charge in [-0.1, -0.05) is 0 Å². The van der Waals surface area contributed by atoms with Crippen LogP contribution in [0, 0.1) is 0 Å². The molecule has 5 nitrogen and oxygen atoms in total. The van der Waals surface area contributed by atoms with Crippen LogP contribution < -0.4 is 5.32 Å². The van der Waals surface area contributed by atoms with Gasteiger partial charge >= 0.3 is 5.97 Å². The zero-order chi connectivity index (χ0) is 16.5. The Morgan fingerprint density at radius 1 is 1.27 bits per heavy atom. The summed E-state index contributed by atoms with van der Waals surface area (Å²) >= 11 is 9.59. The number of nitrogens with one attached hydrogen (secondary N) is 1. The summed E-state index contributed by atoms with van der Waals surface area (Å²) in [6.07, 6.45) is 1.97. The number of amides is 1. The molecule has 0 bridgehead atoms. The summed E-state index contributed by atoms with van der Waals surface area (Å²) in [6, 6.07) is 0.848. The maximum atomic E-state index is 11.9. The zero-order valence-corrected chi connectivity index (χ0v) is 14.6. The normalized spacial score (nSPS) is 11.9. The van der Waals surface area contributed by atoms with Crippen molar-refractivity contribution in [1.82, 2.24) is 5.32 Å². The molecular weight excluding hydrogens is 342 g/mol. The van der Waals surface area contributed by atoms with E-state index in [0.29, 0.717) is 34.8 Å². The van der Waals surface area contributed by atoms with E-state index in [2.05, 4.69) is 30.6 Å². The van der Waals surface area contributed by atoms with Gasteiger partial charge in [-0.2, -0.15) is 12.6 Å². The summed E-state index contributed by atoms with van der Waals surface area (Å²) in [4.78, 5) is 34.5. The minimum Gasteiger partial charge on any atom is -0.480 e. The van der Waals surface area contributed by atoms with Crippen molar-refractivity contribution >= 4 is 54.3 Å². The van der Waals surface area contributed by atoms with Crippen molar-refractivity contribution < 1.29 is 19.5 Å². The number of carboxylic acid groups (broad SMARTS) is 1. The molecule has 0 aliphatic heterocycles. The Bertz CT molecular complexity index is 530. The number of thiophene rings is 1. The first-order valence-corrected chi connectivity index (χ1v) is 8.84. The summed E-state index contributed by atoms with van der Waals surface area (Å²) in [7, 11) is 0. The molecule has 1 heterocycles. The predicted molar refractivity (Wildman–Crippen MR) is 92.4 cm³/mol. The van der Waals surface area contributed by atoms with E-state index in [1.807, 2.05) is 5.38 Å². The first kappa shape index (κ1) is 19.1. The molecule has 0 spiro atoms. The fourth-order valence-corrected chi connectivity index (χ4v) is 3.15. The van der Waals surface area contributed by atoms with Crippen molar-refractivity contribution in [2.45, 2.75) is 42.4 Å². The van der Waals surface area contributed by atoms with Gasteiger partial charge in [-0.3, -0.25) is 9.59 Å². The summed E-state index contributed by atoms with van der Waals surface area (Å²) in [5, 5.41) is 13.2. The average Bonchev–Trinajstić information content (AvgIpc) is 2.89. The number of carboxylic acids is 1. The number of aliphatic carboxylic acids is 1. The molecule has 1 atom stereocenters. The van der Waals surface area contributed by atoms with E-state index in [1.54, 1.807) is 6.07 Å². The van der Waals surface area contributed by atoms with Crippen LogP contribution in [0.3, 0.4) is 0 Å². The van der Waals surface area contributed by atoms with Gasteiger partial charge in [0.25, 0.3) is 0 Å². The van der Waals surface area contributed by atoms with E-state index in [1.165, 1.54) is 11.3 Å². The Hall–Kier alpha value is -0.990. The second kappa shape index (κ2) is 9.91. The quantitative estimate of drug-likeness (QED) is 0.293. The van der Waals surface area contributed by atoms with E-state index in [0.717, 1.165) is 0 Å². The number of rotatable bonds is 10. The maximum Gasteiger partial charge on any atom is 0.326 e. The van der Waals surface area contributed by atoms with Crippen molar-refractivity contribution in [3.63, 3.8) is 0 Å². The van der Waals surface area contributed by atoms with Crippen LogP contribution in [-0.4, -0.2) is 34.6 Å². The number of unbranched alkanes of at least 4 members (excludes halogenated alkanes) is 1. The van der Waals surface area contributed by atoms with Crippen LogP contribution >= 0.6 is 36.6 Å². The van der Waals surface area contributed by atoms with Crippen molar-refractivity contribution in [3.05, 3.63) is 17.0 Å². The molecule has 0 aromatic carbocycles.